The number of benzene rings is 1. The summed E-state index contributed by atoms with van der Waals surface area (Å²) in [7, 11) is 0. The molecular formula is C17H23NO2. The highest BCUT2D eigenvalue weighted by Crippen LogP contribution is 2.39. The van der Waals surface area contributed by atoms with Gasteiger partial charge in [-0.3, -0.25) is 4.79 Å². The Bertz CT molecular complexity index is 465. The van der Waals surface area contributed by atoms with Crippen molar-refractivity contribution in [1.29, 1.82) is 0 Å². The summed E-state index contributed by atoms with van der Waals surface area (Å²) in [5.74, 6) is -0.169. The third kappa shape index (κ3) is 2.47. The van der Waals surface area contributed by atoms with E-state index in [-0.39, 0.29) is 17.4 Å². The summed E-state index contributed by atoms with van der Waals surface area (Å²) in [4.78, 5) is 12.5. The molecule has 0 bridgehead atoms. The minimum atomic E-state index is -0.454. The molecule has 3 heteroatoms. The van der Waals surface area contributed by atoms with Gasteiger partial charge in [0.15, 0.2) is 0 Å². The number of hydrogen-bond donors (Lipinski definition) is 2. The maximum Gasteiger partial charge on any atom is 0.226 e. The lowest BCUT2D eigenvalue weighted by molar-refractivity contribution is -0.129. The van der Waals surface area contributed by atoms with Gasteiger partial charge in [0.2, 0.25) is 5.91 Å². The Morgan fingerprint density at radius 2 is 1.80 bits per heavy atom. The second kappa shape index (κ2) is 5.57. The second-order valence-electron chi connectivity index (χ2n) is 6.25. The fraction of sp³-hybridized carbons (Fsp3) is 0.588. The second-order valence-corrected chi connectivity index (χ2v) is 6.25. The Morgan fingerprint density at radius 3 is 2.40 bits per heavy atom. The summed E-state index contributed by atoms with van der Waals surface area (Å²) in [6.45, 7) is 0. The monoisotopic (exact) mass is 273 g/mol. The lowest BCUT2D eigenvalue weighted by atomic mass is 9.87. The van der Waals surface area contributed by atoms with Gasteiger partial charge in [-0.05, 0) is 37.7 Å². The van der Waals surface area contributed by atoms with E-state index in [0.29, 0.717) is 0 Å². The molecule has 3 rings (SSSR count). The molecule has 2 fully saturated rings. The molecule has 2 unspecified atom stereocenters. The van der Waals surface area contributed by atoms with Crippen LogP contribution in [0, 0.1) is 5.92 Å². The molecule has 0 aliphatic heterocycles. The first-order valence-electron chi connectivity index (χ1n) is 7.77. The minimum absolute atomic E-state index is 0.0424. The number of amides is 1. The Labute approximate surface area is 120 Å². The van der Waals surface area contributed by atoms with E-state index in [1.165, 1.54) is 5.56 Å². The molecule has 0 heterocycles. The number of rotatable bonds is 3. The molecule has 2 aliphatic carbocycles. The maximum atomic E-state index is 12.5. The molecule has 1 aromatic carbocycles. The van der Waals surface area contributed by atoms with Crippen LogP contribution in [0.2, 0.25) is 0 Å². The normalized spacial score (nSPS) is 28.4. The molecule has 2 aliphatic rings. The molecule has 0 aromatic heterocycles. The highest BCUT2D eigenvalue weighted by Gasteiger charge is 2.40. The van der Waals surface area contributed by atoms with Crippen LogP contribution in [-0.4, -0.2) is 17.1 Å². The number of carbonyl (C=O) groups is 1. The van der Waals surface area contributed by atoms with Gasteiger partial charge in [-0.25, -0.2) is 0 Å². The third-order valence-corrected chi connectivity index (χ3v) is 4.96. The zero-order valence-electron chi connectivity index (χ0n) is 11.8. The van der Waals surface area contributed by atoms with Crippen LogP contribution < -0.4 is 5.32 Å². The molecule has 0 radical (unpaired) electrons. The highest BCUT2D eigenvalue weighted by molar-refractivity contribution is 5.80. The van der Waals surface area contributed by atoms with Crippen molar-refractivity contribution < 1.29 is 9.90 Å². The van der Waals surface area contributed by atoms with Gasteiger partial charge in [0, 0.05) is 0 Å². The van der Waals surface area contributed by atoms with E-state index in [9.17, 15) is 9.90 Å². The van der Waals surface area contributed by atoms with Gasteiger partial charge in [0.25, 0.3) is 0 Å². The zero-order chi connectivity index (χ0) is 14.0. The lowest BCUT2D eigenvalue weighted by Crippen LogP contribution is -2.47. The van der Waals surface area contributed by atoms with Gasteiger partial charge in [-0.15, -0.1) is 0 Å². The van der Waals surface area contributed by atoms with Crippen LogP contribution in [0.15, 0.2) is 30.3 Å². The highest BCUT2D eigenvalue weighted by atomic mass is 16.3. The molecule has 2 saturated carbocycles. The van der Waals surface area contributed by atoms with Gasteiger partial charge in [0.05, 0.1) is 17.6 Å². The first-order chi connectivity index (χ1) is 9.71. The number of hydrogen-bond acceptors (Lipinski definition) is 2. The van der Waals surface area contributed by atoms with Crippen molar-refractivity contribution in [3.8, 4) is 0 Å². The van der Waals surface area contributed by atoms with Gasteiger partial charge in [-0.1, -0.05) is 43.2 Å². The number of carbonyl (C=O) groups excluding carboxylic acids is 1. The summed E-state index contributed by atoms with van der Waals surface area (Å²) in [6.07, 6.45) is 6.40. The van der Waals surface area contributed by atoms with Crippen molar-refractivity contribution in [3.63, 3.8) is 0 Å². The van der Waals surface area contributed by atoms with E-state index in [0.717, 1.165) is 44.9 Å². The topological polar surface area (TPSA) is 49.3 Å². The van der Waals surface area contributed by atoms with Crippen LogP contribution in [-0.2, 0) is 10.3 Å². The molecule has 108 valence electrons. The van der Waals surface area contributed by atoms with Gasteiger partial charge in [0.1, 0.15) is 0 Å². The number of aliphatic hydroxyl groups is 1. The van der Waals surface area contributed by atoms with Crippen molar-refractivity contribution in [3.05, 3.63) is 35.9 Å². The molecular weight excluding hydrogens is 250 g/mol. The Morgan fingerprint density at radius 1 is 1.10 bits per heavy atom. The van der Waals surface area contributed by atoms with Crippen LogP contribution in [0.25, 0.3) is 0 Å². The summed E-state index contributed by atoms with van der Waals surface area (Å²) >= 11 is 0. The van der Waals surface area contributed by atoms with E-state index in [2.05, 4.69) is 17.4 Å². The van der Waals surface area contributed by atoms with Crippen molar-refractivity contribution in [1.82, 2.24) is 5.32 Å². The first kappa shape index (κ1) is 13.6. The number of aliphatic hydroxyl groups excluding tert-OH is 1. The van der Waals surface area contributed by atoms with Crippen LogP contribution >= 0.6 is 0 Å². The summed E-state index contributed by atoms with van der Waals surface area (Å²) < 4.78 is 0. The maximum absolute atomic E-state index is 12.5. The van der Waals surface area contributed by atoms with Gasteiger partial charge >= 0.3 is 0 Å². The third-order valence-electron chi connectivity index (χ3n) is 4.96. The first-order valence-corrected chi connectivity index (χ1v) is 7.77. The predicted molar refractivity (Wildman–Crippen MR) is 78.1 cm³/mol. The quantitative estimate of drug-likeness (QED) is 0.889. The van der Waals surface area contributed by atoms with Crippen LogP contribution in [0.4, 0.5) is 0 Å². The van der Waals surface area contributed by atoms with Crippen molar-refractivity contribution in [2.75, 3.05) is 0 Å². The van der Waals surface area contributed by atoms with Gasteiger partial charge in [-0.2, -0.15) is 0 Å². The molecule has 2 atom stereocenters. The van der Waals surface area contributed by atoms with E-state index in [1.807, 2.05) is 18.2 Å². The Balaban J connectivity index is 1.80. The molecule has 0 spiro atoms. The van der Waals surface area contributed by atoms with E-state index >= 15 is 0 Å². The van der Waals surface area contributed by atoms with Gasteiger partial charge < -0.3 is 10.4 Å². The fourth-order valence-electron chi connectivity index (χ4n) is 3.80. The molecule has 0 saturated heterocycles. The van der Waals surface area contributed by atoms with Crippen LogP contribution in [0.5, 0.6) is 0 Å². The zero-order valence-corrected chi connectivity index (χ0v) is 11.8. The van der Waals surface area contributed by atoms with Crippen molar-refractivity contribution in [2.45, 2.75) is 56.6 Å². The molecule has 2 N–H and O–H groups in total. The van der Waals surface area contributed by atoms with E-state index in [1.54, 1.807) is 0 Å². The molecule has 1 amide bonds. The predicted octanol–water partition coefficient (Wildman–Crippen LogP) is 2.73. The SMILES string of the molecule is O=C(NC1(c2ccccc2)CCCC1)C1CCCC1O. The van der Waals surface area contributed by atoms with Crippen molar-refractivity contribution >= 4 is 5.91 Å². The largest absolute Gasteiger partial charge is 0.392 e. The molecule has 20 heavy (non-hydrogen) atoms. The lowest BCUT2D eigenvalue weighted by Gasteiger charge is -2.32. The smallest absolute Gasteiger partial charge is 0.226 e. The average Bonchev–Trinajstić information content (AvgIpc) is 3.09. The van der Waals surface area contributed by atoms with Crippen LogP contribution in [0.1, 0.15) is 50.5 Å². The molecule has 1 aromatic rings. The summed E-state index contributed by atoms with van der Waals surface area (Å²) in [5.41, 5.74) is 0.999. The number of nitrogens with one attached hydrogen (secondary N) is 1. The summed E-state index contributed by atoms with van der Waals surface area (Å²) in [6, 6.07) is 10.3. The minimum Gasteiger partial charge on any atom is -0.392 e. The standard InChI is InChI=1S/C17H23NO2/c19-15-10-6-9-14(15)16(20)18-17(11-4-5-12-17)13-7-2-1-3-8-13/h1-3,7-8,14-15,19H,4-6,9-12H2,(H,18,20). The van der Waals surface area contributed by atoms with E-state index in [4.69, 9.17) is 0 Å². The Kier molecular flexibility index (Phi) is 3.79. The summed E-state index contributed by atoms with van der Waals surface area (Å²) in [5, 5.41) is 13.2. The Hall–Kier alpha value is -1.35. The van der Waals surface area contributed by atoms with Crippen LogP contribution in [0.3, 0.4) is 0 Å². The fourth-order valence-corrected chi connectivity index (χ4v) is 3.80. The average molecular weight is 273 g/mol. The molecule has 3 nitrogen and oxygen atoms in total. The van der Waals surface area contributed by atoms with Crippen molar-refractivity contribution in [2.24, 2.45) is 5.92 Å². The van der Waals surface area contributed by atoms with E-state index < -0.39 is 6.10 Å².